The Morgan fingerprint density at radius 1 is 1.39 bits per heavy atom. The second-order valence-electron chi connectivity index (χ2n) is 4.52. The maximum absolute atomic E-state index is 12.5. The van der Waals surface area contributed by atoms with Crippen LogP contribution >= 0.6 is 11.8 Å². The van der Waals surface area contributed by atoms with Gasteiger partial charge in [0.05, 0.1) is 11.7 Å². The van der Waals surface area contributed by atoms with Gasteiger partial charge >= 0.3 is 6.18 Å². The third kappa shape index (κ3) is 3.42. The van der Waals surface area contributed by atoms with E-state index in [9.17, 15) is 18.3 Å². The summed E-state index contributed by atoms with van der Waals surface area (Å²) < 4.78 is 37.6. The summed E-state index contributed by atoms with van der Waals surface area (Å²) in [4.78, 5) is 0. The maximum Gasteiger partial charge on any atom is 0.416 e. The van der Waals surface area contributed by atoms with Crippen molar-refractivity contribution < 1.29 is 18.3 Å². The zero-order valence-electron chi connectivity index (χ0n) is 9.78. The topological polar surface area (TPSA) is 20.2 Å². The van der Waals surface area contributed by atoms with Gasteiger partial charge in [0.15, 0.2) is 0 Å². The summed E-state index contributed by atoms with van der Waals surface area (Å²) in [5.41, 5.74) is -0.101. The van der Waals surface area contributed by atoms with Gasteiger partial charge < -0.3 is 5.11 Å². The van der Waals surface area contributed by atoms with Crippen LogP contribution in [0.25, 0.3) is 0 Å². The van der Waals surface area contributed by atoms with Gasteiger partial charge in [0.2, 0.25) is 0 Å². The van der Waals surface area contributed by atoms with Crippen LogP contribution in [0.3, 0.4) is 0 Å². The van der Waals surface area contributed by atoms with Crippen molar-refractivity contribution in [1.29, 1.82) is 0 Å². The van der Waals surface area contributed by atoms with Crippen LogP contribution in [-0.2, 0) is 12.6 Å². The van der Waals surface area contributed by atoms with Gasteiger partial charge in [-0.1, -0.05) is 18.2 Å². The minimum absolute atomic E-state index is 0.166. The van der Waals surface area contributed by atoms with Crippen LogP contribution in [0.5, 0.6) is 0 Å². The number of hydrogen-bond donors (Lipinski definition) is 1. The summed E-state index contributed by atoms with van der Waals surface area (Å²) in [5, 5.41) is 10.2. The van der Waals surface area contributed by atoms with Crippen molar-refractivity contribution in [3.63, 3.8) is 0 Å². The molecule has 0 aromatic heterocycles. The SMILES string of the molecule is OC(Cc1cccc(C(F)(F)F)c1)C1CCCS1. The molecule has 1 aliphatic rings. The Bertz CT molecular complexity index is 399. The zero-order chi connectivity index (χ0) is 13.2. The highest BCUT2D eigenvalue weighted by Gasteiger charge is 2.31. The molecule has 100 valence electrons. The fourth-order valence-electron chi connectivity index (χ4n) is 2.15. The molecule has 1 fully saturated rings. The van der Waals surface area contributed by atoms with Gasteiger partial charge in [-0.25, -0.2) is 0 Å². The fourth-order valence-corrected chi connectivity index (χ4v) is 3.44. The van der Waals surface area contributed by atoms with E-state index in [-0.39, 0.29) is 5.25 Å². The molecular formula is C13H15F3OS. The van der Waals surface area contributed by atoms with Gasteiger partial charge in [0.1, 0.15) is 0 Å². The number of aliphatic hydroxyl groups is 1. The molecule has 0 radical (unpaired) electrons. The second-order valence-corrected chi connectivity index (χ2v) is 5.87. The van der Waals surface area contributed by atoms with Crippen LogP contribution in [-0.4, -0.2) is 22.2 Å². The van der Waals surface area contributed by atoms with Crippen LogP contribution in [0.2, 0.25) is 0 Å². The molecule has 2 rings (SSSR count). The summed E-state index contributed by atoms with van der Waals surface area (Å²) in [6, 6.07) is 5.22. The lowest BCUT2D eigenvalue weighted by molar-refractivity contribution is -0.137. The van der Waals surface area contributed by atoms with Crippen LogP contribution in [0.4, 0.5) is 13.2 Å². The summed E-state index contributed by atoms with van der Waals surface area (Å²) in [5.74, 6) is 1.03. The van der Waals surface area contributed by atoms with Gasteiger partial charge in [-0.3, -0.25) is 0 Å². The van der Waals surface area contributed by atoms with E-state index in [4.69, 9.17) is 0 Å². The molecule has 5 heteroatoms. The van der Waals surface area contributed by atoms with E-state index < -0.39 is 17.8 Å². The molecule has 2 unspecified atom stereocenters. The molecule has 1 nitrogen and oxygen atoms in total. The van der Waals surface area contributed by atoms with Crippen molar-refractivity contribution in [3.8, 4) is 0 Å². The molecule has 1 heterocycles. The number of benzene rings is 1. The lowest BCUT2D eigenvalue weighted by Crippen LogP contribution is -2.23. The first kappa shape index (κ1) is 13.7. The molecule has 0 amide bonds. The molecule has 2 atom stereocenters. The van der Waals surface area contributed by atoms with Crippen LogP contribution < -0.4 is 0 Å². The lowest BCUT2D eigenvalue weighted by atomic mass is 10.0. The Kier molecular flexibility index (Phi) is 4.22. The highest BCUT2D eigenvalue weighted by atomic mass is 32.2. The normalized spacial score (nSPS) is 22.1. The first-order valence-electron chi connectivity index (χ1n) is 5.92. The summed E-state index contributed by atoms with van der Waals surface area (Å²) in [6.07, 6.45) is -2.55. The standard InChI is InChI=1S/C13H15F3OS/c14-13(15,16)10-4-1-3-9(7-10)8-11(17)12-5-2-6-18-12/h1,3-4,7,11-12,17H,2,5-6,8H2. The summed E-state index contributed by atoms with van der Waals surface area (Å²) in [7, 11) is 0. The molecule has 0 aliphatic carbocycles. The van der Waals surface area contributed by atoms with E-state index in [0.29, 0.717) is 12.0 Å². The van der Waals surface area contributed by atoms with E-state index in [1.807, 2.05) is 0 Å². The molecule has 0 bridgehead atoms. The largest absolute Gasteiger partial charge is 0.416 e. The number of hydrogen-bond acceptors (Lipinski definition) is 2. The van der Waals surface area contributed by atoms with Gasteiger partial charge in [-0.05, 0) is 36.6 Å². The maximum atomic E-state index is 12.5. The van der Waals surface area contributed by atoms with Gasteiger partial charge in [-0.2, -0.15) is 24.9 Å². The van der Waals surface area contributed by atoms with Gasteiger partial charge in [0, 0.05) is 5.25 Å². The number of thioether (sulfide) groups is 1. The minimum Gasteiger partial charge on any atom is -0.392 e. The monoisotopic (exact) mass is 276 g/mol. The Morgan fingerprint density at radius 2 is 2.17 bits per heavy atom. The highest BCUT2D eigenvalue weighted by Crippen LogP contribution is 2.32. The molecule has 1 aromatic carbocycles. The third-order valence-electron chi connectivity index (χ3n) is 3.09. The van der Waals surface area contributed by atoms with E-state index in [1.54, 1.807) is 17.8 Å². The fraction of sp³-hybridized carbons (Fsp3) is 0.538. The molecule has 0 spiro atoms. The predicted octanol–water partition coefficient (Wildman–Crippen LogP) is 3.50. The minimum atomic E-state index is -4.32. The Morgan fingerprint density at radius 3 is 2.78 bits per heavy atom. The average molecular weight is 276 g/mol. The summed E-state index contributed by atoms with van der Waals surface area (Å²) in [6.45, 7) is 0. The Balaban J connectivity index is 2.04. The predicted molar refractivity (Wildman–Crippen MR) is 66.6 cm³/mol. The molecule has 18 heavy (non-hydrogen) atoms. The molecular weight excluding hydrogens is 261 g/mol. The first-order chi connectivity index (χ1) is 8.47. The Hall–Kier alpha value is -0.680. The molecule has 1 aliphatic heterocycles. The average Bonchev–Trinajstić information content (AvgIpc) is 2.81. The Labute approximate surface area is 108 Å². The van der Waals surface area contributed by atoms with E-state index in [0.717, 1.165) is 30.7 Å². The molecule has 1 N–H and O–H groups in total. The highest BCUT2D eigenvalue weighted by molar-refractivity contribution is 8.00. The van der Waals surface area contributed by atoms with Crippen LogP contribution in [0.1, 0.15) is 24.0 Å². The van der Waals surface area contributed by atoms with E-state index >= 15 is 0 Å². The van der Waals surface area contributed by atoms with Crippen molar-refractivity contribution >= 4 is 11.8 Å². The lowest BCUT2D eigenvalue weighted by Gasteiger charge is -2.17. The van der Waals surface area contributed by atoms with Crippen molar-refractivity contribution in [3.05, 3.63) is 35.4 Å². The zero-order valence-corrected chi connectivity index (χ0v) is 10.6. The summed E-state index contributed by atoms with van der Waals surface area (Å²) >= 11 is 1.71. The second kappa shape index (κ2) is 5.53. The number of aliphatic hydroxyl groups excluding tert-OH is 1. The molecule has 0 saturated carbocycles. The van der Waals surface area contributed by atoms with Crippen molar-refractivity contribution in [2.24, 2.45) is 0 Å². The van der Waals surface area contributed by atoms with Crippen molar-refractivity contribution in [2.75, 3.05) is 5.75 Å². The molecule has 1 aromatic rings. The first-order valence-corrected chi connectivity index (χ1v) is 6.97. The number of alkyl halides is 3. The van der Waals surface area contributed by atoms with Gasteiger partial charge in [-0.15, -0.1) is 0 Å². The van der Waals surface area contributed by atoms with Crippen LogP contribution in [0, 0.1) is 0 Å². The van der Waals surface area contributed by atoms with Gasteiger partial charge in [0.25, 0.3) is 0 Å². The van der Waals surface area contributed by atoms with Crippen molar-refractivity contribution in [2.45, 2.75) is 36.8 Å². The van der Waals surface area contributed by atoms with Crippen LogP contribution in [0.15, 0.2) is 24.3 Å². The van der Waals surface area contributed by atoms with E-state index in [1.165, 1.54) is 6.07 Å². The molecule has 1 saturated heterocycles. The third-order valence-corrected chi connectivity index (χ3v) is 4.60. The quantitative estimate of drug-likeness (QED) is 0.911. The number of halogens is 3. The number of rotatable bonds is 3. The van der Waals surface area contributed by atoms with E-state index in [2.05, 4.69) is 0 Å². The smallest absolute Gasteiger partial charge is 0.392 e. The van der Waals surface area contributed by atoms with Crippen molar-refractivity contribution in [1.82, 2.24) is 0 Å².